The second kappa shape index (κ2) is 5.76. The molecule has 0 spiro atoms. The van der Waals surface area contributed by atoms with E-state index in [4.69, 9.17) is 0 Å². The lowest BCUT2D eigenvalue weighted by atomic mass is 10.1. The summed E-state index contributed by atoms with van der Waals surface area (Å²) in [6.45, 7) is 1.83. The van der Waals surface area contributed by atoms with Crippen molar-refractivity contribution >= 4 is 11.5 Å². The van der Waals surface area contributed by atoms with Gasteiger partial charge in [-0.05, 0) is 55.5 Å². The van der Waals surface area contributed by atoms with E-state index in [1.165, 1.54) is 12.3 Å². The fourth-order valence-corrected chi connectivity index (χ4v) is 2.95. The normalized spacial score (nSPS) is 13.9. The maximum absolute atomic E-state index is 12.1. The van der Waals surface area contributed by atoms with Gasteiger partial charge in [-0.25, -0.2) is 4.79 Å². The van der Waals surface area contributed by atoms with Crippen molar-refractivity contribution in [3.05, 3.63) is 63.6 Å². The van der Waals surface area contributed by atoms with Crippen LogP contribution < -0.4 is 5.43 Å². The molecule has 0 bridgehead atoms. The molecule has 0 saturated carbocycles. The molecule has 2 N–H and O–H groups in total. The molecule has 0 saturated heterocycles. The van der Waals surface area contributed by atoms with Crippen LogP contribution in [0.25, 0.3) is 11.3 Å². The molecule has 0 fully saturated rings. The Balaban J connectivity index is 2.29. The number of rotatable bonds is 3. The minimum atomic E-state index is -1.24. The van der Waals surface area contributed by atoms with Gasteiger partial charge >= 0.3 is 5.97 Å². The second-order valence-corrected chi connectivity index (χ2v) is 5.70. The second-order valence-electron chi connectivity index (χ2n) is 5.70. The lowest BCUT2D eigenvalue weighted by molar-refractivity contribution is 0.0694. The first-order valence-corrected chi connectivity index (χ1v) is 7.47. The van der Waals surface area contributed by atoms with Crippen LogP contribution in [0, 0.1) is 6.92 Å². The van der Waals surface area contributed by atoms with Gasteiger partial charge in [0.1, 0.15) is 11.3 Å². The van der Waals surface area contributed by atoms with Crippen LogP contribution in [0.15, 0.2) is 41.3 Å². The third-order valence-corrected chi connectivity index (χ3v) is 4.09. The van der Waals surface area contributed by atoms with Crippen molar-refractivity contribution in [3.63, 3.8) is 0 Å². The molecule has 1 aliphatic carbocycles. The highest BCUT2D eigenvalue weighted by Crippen LogP contribution is 2.30. The maximum Gasteiger partial charge on any atom is 0.341 e. The van der Waals surface area contributed by atoms with Crippen LogP contribution in [0.2, 0.25) is 0 Å². The molecule has 0 atom stereocenters. The van der Waals surface area contributed by atoms with Crippen LogP contribution in [-0.4, -0.2) is 20.7 Å². The fraction of sp³-hybridized carbons (Fsp3) is 0.222. The molecule has 3 rings (SSSR count). The Morgan fingerprint density at radius 2 is 2.04 bits per heavy atom. The summed E-state index contributed by atoms with van der Waals surface area (Å²) in [5.74, 6) is -1.10. The average molecular weight is 311 g/mol. The van der Waals surface area contributed by atoms with Crippen molar-refractivity contribution in [2.24, 2.45) is 0 Å². The first kappa shape index (κ1) is 15.1. The third-order valence-electron chi connectivity index (χ3n) is 4.09. The number of carboxylic acids is 1. The lowest BCUT2D eigenvalue weighted by Crippen LogP contribution is -2.19. The van der Waals surface area contributed by atoms with E-state index >= 15 is 0 Å². The summed E-state index contributed by atoms with van der Waals surface area (Å²) in [5, 5.41) is 18.8. The molecule has 0 radical (unpaired) electrons. The minimum absolute atomic E-state index is 0.146. The van der Waals surface area contributed by atoms with Gasteiger partial charge in [-0.1, -0.05) is 6.08 Å². The van der Waals surface area contributed by atoms with Crippen LogP contribution in [0.1, 0.15) is 40.9 Å². The number of aromatic nitrogens is 1. The number of aryl methyl sites for hydroxylation is 1. The van der Waals surface area contributed by atoms with Crippen LogP contribution >= 0.6 is 0 Å². The Hall–Kier alpha value is -2.82. The minimum Gasteiger partial charge on any atom is -0.508 e. The first-order chi connectivity index (χ1) is 11.0. The zero-order valence-electron chi connectivity index (χ0n) is 12.7. The SMILES string of the molecule is Cc1cc(O)ccc1-n1cc(C(=O)O)c(=O)cc1C1=CCCC1. The molecule has 1 aromatic carbocycles. The number of aromatic hydroxyl groups is 1. The number of phenols is 1. The molecule has 5 nitrogen and oxygen atoms in total. The molecule has 0 amide bonds. The summed E-state index contributed by atoms with van der Waals surface area (Å²) < 4.78 is 1.73. The van der Waals surface area contributed by atoms with Crippen molar-refractivity contribution in [2.75, 3.05) is 0 Å². The summed E-state index contributed by atoms with van der Waals surface area (Å²) in [6, 6.07) is 6.28. The fourth-order valence-electron chi connectivity index (χ4n) is 2.95. The predicted molar refractivity (Wildman–Crippen MR) is 87.2 cm³/mol. The first-order valence-electron chi connectivity index (χ1n) is 7.47. The quantitative estimate of drug-likeness (QED) is 0.912. The average Bonchev–Trinajstić information content (AvgIpc) is 3.01. The van der Waals surface area contributed by atoms with E-state index in [0.29, 0.717) is 5.69 Å². The monoisotopic (exact) mass is 311 g/mol. The summed E-state index contributed by atoms with van der Waals surface area (Å²) in [5.41, 5.74) is 2.54. The van der Waals surface area contributed by atoms with E-state index in [2.05, 4.69) is 6.08 Å². The molecule has 1 heterocycles. The van der Waals surface area contributed by atoms with Crippen molar-refractivity contribution in [3.8, 4) is 11.4 Å². The maximum atomic E-state index is 12.1. The third kappa shape index (κ3) is 2.77. The summed E-state index contributed by atoms with van der Waals surface area (Å²) >= 11 is 0. The molecular weight excluding hydrogens is 294 g/mol. The molecule has 0 aliphatic heterocycles. The van der Waals surface area contributed by atoms with Gasteiger partial charge in [0.2, 0.25) is 0 Å². The van der Waals surface area contributed by atoms with E-state index in [0.717, 1.165) is 36.1 Å². The number of carboxylic acid groups (broad SMARTS) is 1. The lowest BCUT2D eigenvalue weighted by Gasteiger charge is -2.17. The number of phenolic OH excluding ortho intramolecular Hbond substituents is 1. The van der Waals surface area contributed by atoms with Crippen LogP contribution in [0.5, 0.6) is 5.75 Å². The van der Waals surface area contributed by atoms with E-state index < -0.39 is 11.4 Å². The summed E-state index contributed by atoms with van der Waals surface area (Å²) in [6.07, 6.45) is 6.31. The number of carbonyl (C=O) groups is 1. The van der Waals surface area contributed by atoms with Crippen molar-refractivity contribution in [2.45, 2.75) is 26.2 Å². The van der Waals surface area contributed by atoms with Crippen LogP contribution in [0.3, 0.4) is 0 Å². The number of hydrogen-bond acceptors (Lipinski definition) is 3. The zero-order chi connectivity index (χ0) is 16.6. The Bertz CT molecular complexity index is 877. The number of benzene rings is 1. The number of nitrogens with zero attached hydrogens (tertiary/aromatic N) is 1. The van der Waals surface area contributed by atoms with Gasteiger partial charge in [-0.3, -0.25) is 4.79 Å². The smallest absolute Gasteiger partial charge is 0.341 e. The zero-order valence-corrected chi connectivity index (χ0v) is 12.7. The highest BCUT2D eigenvalue weighted by atomic mass is 16.4. The van der Waals surface area contributed by atoms with Gasteiger partial charge in [0.05, 0.1) is 5.69 Å². The molecule has 118 valence electrons. The molecule has 23 heavy (non-hydrogen) atoms. The van der Waals surface area contributed by atoms with E-state index in [1.807, 2.05) is 6.92 Å². The number of pyridine rings is 1. The predicted octanol–water partition coefficient (Wildman–Crippen LogP) is 3.12. The summed E-state index contributed by atoms with van der Waals surface area (Å²) in [7, 11) is 0. The number of hydrogen-bond donors (Lipinski definition) is 2. The van der Waals surface area contributed by atoms with Gasteiger partial charge in [-0.15, -0.1) is 0 Å². The highest BCUT2D eigenvalue weighted by molar-refractivity contribution is 5.87. The highest BCUT2D eigenvalue weighted by Gasteiger charge is 2.18. The molecule has 1 aromatic heterocycles. The topological polar surface area (TPSA) is 79.5 Å². The van der Waals surface area contributed by atoms with E-state index in [-0.39, 0.29) is 11.3 Å². The van der Waals surface area contributed by atoms with Gasteiger partial charge in [-0.2, -0.15) is 0 Å². The molecular formula is C18H17NO4. The van der Waals surface area contributed by atoms with Gasteiger partial charge in [0, 0.05) is 18.0 Å². The Labute approximate surface area is 133 Å². The Morgan fingerprint density at radius 3 is 2.65 bits per heavy atom. The molecule has 0 unspecified atom stereocenters. The van der Waals surface area contributed by atoms with Crippen molar-refractivity contribution in [1.29, 1.82) is 0 Å². The molecule has 1 aliphatic rings. The van der Waals surface area contributed by atoms with Gasteiger partial charge in [0.25, 0.3) is 0 Å². The van der Waals surface area contributed by atoms with Gasteiger partial charge < -0.3 is 14.8 Å². The van der Waals surface area contributed by atoms with Crippen molar-refractivity contribution < 1.29 is 15.0 Å². The van der Waals surface area contributed by atoms with Crippen molar-refractivity contribution in [1.82, 2.24) is 4.57 Å². The Morgan fingerprint density at radius 1 is 1.26 bits per heavy atom. The Kier molecular flexibility index (Phi) is 3.78. The van der Waals surface area contributed by atoms with E-state index in [1.54, 1.807) is 22.8 Å². The van der Waals surface area contributed by atoms with Gasteiger partial charge in [0.15, 0.2) is 5.43 Å². The largest absolute Gasteiger partial charge is 0.508 e. The standard InChI is InChI=1S/C18H17NO4/c1-11-8-13(20)6-7-15(11)19-10-14(18(22)23)17(21)9-16(19)12-4-2-3-5-12/h4,6-10,20H,2-3,5H2,1H3,(H,22,23). The number of aromatic carboxylic acids is 1. The van der Waals surface area contributed by atoms with Crippen LogP contribution in [-0.2, 0) is 0 Å². The molecule has 5 heteroatoms. The molecule has 2 aromatic rings. The van der Waals surface area contributed by atoms with Crippen LogP contribution in [0.4, 0.5) is 0 Å². The summed E-state index contributed by atoms with van der Waals surface area (Å²) in [4.78, 5) is 23.4. The van der Waals surface area contributed by atoms with E-state index in [9.17, 15) is 19.8 Å². The number of allylic oxidation sites excluding steroid dienone is 2.